The molecule has 1 fully saturated rings. The number of ether oxygens (including phenoxy) is 1. The van der Waals surface area contributed by atoms with Crippen molar-refractivity contribution >= 4 is 23.6 Å². The summed E-state index contributed by atoms with van der Waals surface area (Å²) in [4.78, 5) is 26.4. The lowest BCUT2D eigenvalue weighted by molar-refractivity contribution is -0.125. The van der Waals surface area contributed by atoms with E-state index in [1.165, 1.54) is 18.2 Å². The Hall–Kier alpha value is -2.78. The fraction of sp³-hybridized carbons (Fsp3) is 0.375. The van der Waals surface area contributed by atoms with Crippen LogP contribution < -0.4 is 5.32 Å². The van der Waals surface area contributed by atoms with Gasteiger partial charge < -0.3 is 10.1 Å². The molecule has 1 aliphatic carbocycles. The number of nitrogens with one attached hydrogen (secondary N) is 1. The molecule has 156 valence electrons. The highest BCUT2D eigenvalue weighted by molar-refractivity contribution is 7.99. The van der Waals surface area contributed by atoms with Gasteiger partial charge in [0.1, 0.15) is 6.07 Å². The number of amides is 1. The molecule has 0 saturated heterocycles. The van der Waals surface area contributed by atoms with Gasteiger partial charge in [0.15, 0.2) is 6.61 Å². The smallest absolute Gasteiger partial charge is 0.339 e. The molecule has 3 rings (SSSR count). The molecule has 0 heterocycles. The molecule has 2 aromatic rings. The van der Waals surface area contributed by atoms with Gasteiger partial charge in [0.25, 0.3) is 5.91 Å². The Bertz CT molecular complexity index is 953. The number of nitrogens with zero attached hydrogens (tertiary/aromatic N) is 1. The molecule has 30 heavy (non-hydrogen) atoms. The minimum Gasteiger partial charge on any atom is -0.452 e. The van der Waals surface area contributed by atoms with E-state index in [2.05, 4.69) is 25.2 Å². The van der Waals surface area contributed by atoms with Crippen molar-refractivity contribution in [2.24, 2.45) is 11.8 Å². The highest BCUT2D eigenvalue weighted by Gasteiger charge is 2.28. The Morgan fingerprint density at radius 2 is 1.80 bits per heavy atom. The van der Waals surface area contributed by atoms with Gasteiger partial charge in [-0.05, 0) is 42.5 Å². The number of hydrogen-bond acceptors (Lipinski definition) is 5. The molecular weight excluding hydrogens is 396 g/mol. The molecule has 0 bridgehead atoms. The molecule has 0 unspecified atom stereocenters. The fourth-order valence-corrected chi connectivity index (χ4v) is 4.75. The van der Waals surface area contributed by atoms with Crippen LogP contribution in [-0.4, -0.2) is 24.5 Å². The molecule has 0 aliphatic heterocycles. The van der Waals surface area contributed by atoms with Gasteiger partial charge in [-0.3, -0.25) is 4.79 Å². The Morgan fingerprint density at radius 1 is 1.10 bits per heavy atom. The number of esters is 1. The standard InChI is InChI=1S/C24H26N2O3S/c1-16-8-7-11-20(17(16)2)26-23(27)15-29-24(28)19-10-4-6-13-22(19)30-21-12-5-3-9-18(21)14-25/h3-6,9-10,12-13,16-17,20H,7-8,11,15H2,1-2H3,(H,26,27)/t16-,17+,20+/m0/s1. The minimum absolute atomic E-state index is 0.130. The van der Waals surface area contributed by atoms with Crippen LogP contribution >= 0.6 is 11.8 Å². The molecule has 5 nitrogen and oxygen atoms in total. The zero-order valence-electron chi connectivity index (χ0n) is 17.3. The van der Waals surface area contributed by atoms with E-state index < -0.39 is 5.97 Å². The van der Waals surface area contributed by atoms with E-state index in [0.717, 1.165) is 17.7 Å². The van der Waals surface area contributed by atoms with Gasteiger partial charge in [0.2, 0.25) is 0 Å². The van der Waals surface area contributed by atoms with Crippen LogP contribution in [0, 0.1) is 23.2 Å². The first kappa shape index (κ1) is 21.9. The summed E-state index contributed by atoms with van der Waals surface area (Å²) in [5.74, 6) is 0.171. The number of hydrogen-bond donors (Lipinski definition) is 1. The molecule has 1 saturated carbocycles. The molecule has 1 N–H and O–H groups in total. The predicted molar refractivity (Wildman–Crippen MR) is 116 cm³/mol. The highest BCUT2D eigenvalue weighted by Crippen LogP contribution is 2.33. The van der Waals surface area contributed by atoms with Crippen LogP contribution in [0.5, 0.6) is 0 Å². The fourth-order valence-electron chi connectivity index (χ4n) is 3.73. The van der Waals surface area contributed by atoms with Crippen LogP contribution in [0.2, 0.25) is 0 Å². The summed E-state index contributed by atoms with van der Waals surface area (Å²) < 4.78 is 5.30. The molecular formula is C24H26N2O3S. The maximum absolute atomic E-state index is 12.6. The van der Waals surface area contributed by atoms with Gasteiger partial charge in [-0.1, -0.05) is 62.7 Å². The summed E-state index contributed by atoms with van der Waals surface area (Å²) in [7, 11) is 0. The van der Waals surface area contributed by atoms with E-state index in [9.17, 15) is 14.9 Å². The van der Waals surface area contributed by atoms with Crippen molar-refractivity contribution in [1.29, 1.82) is 5.26 Å². The third kappa shape index (κ3) is 5.43. The molecule has 1 aliphatic rings. The van der Waals surface area contributed by atoms with E-state index in [0.29, 0.717) is 27.9 Å². The average molecular weight is 423 g/mol. The van der Waals surface area contributed by atoms with Crippen molar-refractivity contribution in [3.63, 3.8) is 0 Å². The van der Waals surface area contributed by atoms with Crippen LogP contribution in [0.25, 0.3) is 0 Å². The molecule has 3 atom stereocenters. The van der Waals surface area contributed by atoms with Gasteiger partial charge >= 0.3 is 5.97 Å². The van der Waals surface area contributed by atoms with Crippen LogP contribution in [0.1, 0.15) is 49.0 Å². The first-order chi connectivity index (χ1) is 14.5. The van der Waals surface area contributed by atoms with E-state index in [4.69, 9.17) is 4.74 Å². The maximum atomic E-state index is 12.6. The first-order valence-electron chi connectivity index (χ1n) is 10.2. The van der Waals surface area contributed by atoms with Crippen molar-refractivity contribution in [1.82, 2.24) is 5.32 Å². The van der Waals surface area contributed by atoms with Gasteiger partial charge in [0.05, 0.1) is 11.1 Å². The topological polar surface area (TPSA) is 79.2 Å². The first-order valence-corrected chi connectivity index (χ1v) is 11.0. The normalized spacial score (nSPS) is 20.8. The molecule has 0 spiro atoms. The highest BCUT2D eigenvalue weighted by atomic mass is 32.2. The Morgan fingerprint density at radius 3 is 2.57 bits per heavy atom. The summed E-state index contributed by atoms with van der Waals surface area (Å²) in [6.07, 6.45) is 3.25. The van der Waals surface area contributed by atoms with Gasteiger partial charge in [0, 0.05) is 15.8 Å². The lowest BCUT2D eigenvalue weighted by Gasteiger charge is -2.34. The number of rotatable bonds is 6. The molecule has 0 radical (unpaired) electrons. The number of benzene rings is 2. The van der Waals surface area contributed by atoms with Gasteiger partial charge in [-0.2, -0.15) is 5.26 Å². The number of nitriles is 1. The van der Waals surface area contributed by atoms with Crippen LogP contribution in [0.3, 0.4) is 0 Å². The Kier molecular flexibility index (Phi) is 7.53. The van der Waals surface area contributed by atoms with Crippen molar-refractivity contribution in [2.75, 3.05) is 6.61 Å². The maximum Gasteiger partial charge on any atom is 0.339 e. The second-order valence-electron chi connectivity index (χ2n) is 7.72. The lowest BCUT2D eigenvalue weighted by atomic mass is 9.78. The zero-order valence-corrected chi connectivity index (χ0v) is 18.1. The van der Waals surface area contributed by atoms with E-state index in [-0.39, 0.29) is 18.6 Å². The zero-order chi connectivity index (χ0) is 21.5. The Balaban J connectivity index is 1.62. The van der Waals surface area contributed by atoms with Crippen molar-refractivity contribution in [2.45, 2.75) is 48.9 Å². The lowest BCUT2D eigenvalue weighted by Crippen LogP contribution is -2.45. The van der Waals surface area contributed by atoms with Gasteiger partial charge in [-0.25, -0.2) is 4.79 Å². The van der Waals surface area contributed by atoms with E-state index in [1.807, 2.05) is 18.2 Å². The summed E-state index contributed by atoms with van der Waals surface area (Å²) in [5, 5.41) is 12.3. The quantitative estimate of drug-likeness (QED) is 0.676. The summed E-state index contributed by atoms with van der Waals surface area (Å²) in [6.45, 7) is 4.07. The van der Waals surface area contributed by atoms with Crippen molar-refractivity contribution in [3.05, 3.63) is 59.7 Å². The van der Waals surface area contributed by atoms with Crippen LogP contribution in [0.15, 0.2) is 58.3 Å². The molecule has 1 amide bonds. The largest absolute Gasteiger partial charge is 0.452 e. The SMILES string of the molecule is C[C@@H]1[C@@H](C)CCC[C@H]1NC(=O)COC(=O)c1ccccc1Sc1ccccc1C#N. The molecule has 2 aromatic carbocycles. The van der Waals surface area contributed by atoms with Crippen molar-refractivity contribution < 1.29 is 14.3 Å². The number of carbonyl (C=O) groups is 2. The average Bonchev–Trinajstić information content (AvgIpc) is 2.76. The summed E-state index contributed by atoms with van der Waals surface area (Å²) >= 11 is 1.33. The Labute approximate surface area is 181 Å². The summed E-state index contributed by atoms with van der Waals surface area (Å²) in [5.41, 5.74) is 0.920. The van der Waals surface area contributed by atoms with E-state index >= 15 is 0 Å². The van der Waals surface area contributed by atoms with Crippen LogP contribution in [-0.2, 0) is 9.53 Å². The monoisotopic (exact) mass is 422 g/mol. The second kappa shape index (κ2) is 10.3. The second-order valence-corrected chi connectivity index (χ2v) is 8.81. The third-order valence-corrected chi connectivity index (χ3v) is 6.87. The number of carbonyl (C=O) groups excluding carboxylic acids is 2. The molecule has 6 heteroatoms. The van der Waals surface area contributed by atoms with Crippen molar-refractivity contribution in [3.8, 4) is 6.07 Å². The molecule has 0 aromatic heterocycles. The third-order valence-electron chi connectivity index (χ3n) is 5.72. The minimum atomic E-state index is -0.548. The van der Waals surface area contributed by atoms with Gasteiger partial charge in [-0.15, -0.1) is 0 Å². The predicted octanol–water partition coefficient (Wildman–Crippen LogP) is 4.81. The van der Waals surface area contributed by atoms with Crippen LogP contribution in [0.4, 0.5) is 0 Å². The summed E-state index contributed by atoms with van der Waals surface area (Å²) in [6, 6.07) is 16.6. The van der Waals surface area contributed by atoms with E-state index in [1.54, 1.807) is 30.3 Å².